The molecule has 3 aliphatic heterocycles. The van der Waals surface area contributed by atoms with Gasteiger partial charge in [0, 0.05) is 118 Å². The predicted octanol–water partition coefficient (Wildman–Crippen LogP) is 13.8. The zero-order valence-electron chi connectivity index (χ0n) is 82.6. The number of phenolic OH excluding ortho intramolecular Hbond substituents is 4. The van der Waals surface area contributed by atoms with E-state index in [0.717, 1.165) is 63.7 Å². The number of nitrogens with two attached hydrogens (primary N) is 3. The SMILES string of the molecule is CC1(C)[C@@H]2C[C@H]3OB(CN)O[C@@]3(C)[C@H]1C2.CCCCCCCCCCCCCC(=O)C[C@@H](CCCCN)C(=O)N(C)[C@@H]1C(=O)C[C@@H](C)C(=O)N[C@H](C(=O)NCB(O)O)Cc2ccc(O)c(c2)-c2cc1ccc2O.CCCCCCCCCCCCCC(=O)C[C@@H](CCCCN)C(=O)N(C)[C@@H]1C(=O)C[C@@H](C)C(=O)N[C@H](C(=O)O)Cc2ccc(O)c(c2)-c2cc1ccc2O.Cl.OB(O)c1ccccc1. The molecule has 5 aromatic carbocycles. The quantitative estimate of drug-likeness (QED) is 0.0127. The van der Waals surface area contributed by atoms with Gasteiger partial charge in [-0.05, 0) is 165 Å². The summed E-state index contributed by atoms with van der Waals surface area (Å²) in [5, 5.41) is 97.1. The molecular weight excluding hydrogens is 1770 g/mol. The van der Waals surface area contributed by atoms with Crippen LogP contribution >= 0.6 is 12.4 Å². The molecule has 3 saturated carbocycles. The second-order valence-electron chi connectivity index (χ2n) is 39.1. The molecule has 1 saturated heterocycles. The summed E-state index contributed by atoms with van der Waals surface area (Å²) in [6, 6.07) is 21.6. The minimum Gasteiger partial charge on any atom is -0.507 e. The molecule has 3 aliphatic carbocycles. The highest BCUT2D eigenvalue weighted by atomic mass is 35.5. The van der Waals surface area contributed by atoms with Crippen LogP contribution in [0.2, 0.25) is 0 Å². The molecule has 29 nitrogen and oxygen atoms in total. The number of Topliss-reactive ketones (excluding diaryl/α,β-unsaturated/α-hetero) is 4. The molecule has 0 radical (unpaired) electrons. The molecular formula is C104H158B3ClN8O21. The van der Waals surface area contributed by atoms with Crippen molar-refractivity contribution in [2.24, 2.45) is 58.1 Å². The van der Waals surface area contributed by atoms with E-state index in [9.17, 15) is 83.5 Å². The molecule has 3 heterocycles. The number of phenols is 4. The summed E-state index contributed by atoms with van der Waals surface area (Å²) in [6.45, 7) is 15.3. The van der Waals surface area contributed by atoms with Gasteiger partial charge in [-0.25, -0.2) is 4.79 Å². The lowest BCUT2D eigenvalue weighted by Crippen LogP contribution is -2.65. The Balaban J connectivity index is 0.000000333. The minimum absolute atomic E-state index is 0. The molecule has 756 valence electrons. The van der Waals surface area contributed by atoms with Gasteiger partial charge in [0.1, 0.15) is 58.7 Å². The number of fused-ring (bicyclic) bond motifs is 10. The summed E-state index contributed by atoms with van der Waals surface area (Å²) < 4.78 is 11.9. The van der Waals surface area contributed by atoms with Crippen LogP contribution in [0.15, 0.2) is 103 Å². The number of nitrogens with one attached hydrogen (secondary N) is 3. The number of unbranched alkanes of at least 4 members (excludes halogenated alkanes) is 22. The molecule has 0 aromatic heterocycles. The van der Waals surface area contributed by atoms with Crippen molar-refractivity contribution in [2.45, 2.75) is 328 Å². The van der Waals surface area contributed by atoms with Crippen LogP contribution in [-0.2, 0) is 70.1 Å². The van der Waals surface area contributed by atoms with Gasteiger partial charge >= 0.3 is 27.3 Å². The summed E-state index contributed by atoms with van der Waals surface area (Å²) in [5.74, 6) is -7.53. The van der Waals surface area contributed by atoms with Crippen molar-refractivity contribution < 1.29 is 103 Å². The fourth-order valence-electron chi connectivity index (χ4n) is 19.7. The first-order valence-electron chi connectivity index (χ1n) is 50.2. The first-order chi connectivity index (χ1) is 64.9. The van der Waals surface area contributed by atoms with Crippen LogP contribution < -0.4 is 38.6 Å². The van der Waals surface area contributed by atoms with E-state index < -0.39 is 110 Å². The molecule has 10 bridgehead atoms. The largest absolute Gasteiger partial charge is 0.507 e. The Morgan fingerprint density at radius 3 is 1.27 bits per heavy atom. The van der Waals surface area contributed by atoms with Crippen LogP contribution in [0, 0.1) is 40.9 Å². The number of benzene rings is 5. The Morgan fingerprint density at radius 2 is 0.898 bits per heavy atom. The van der Waals surface area contributed by atoms with Crippen molar-refractivity contribution in [2.75, 3.05) is 40.1 Å². The summed E-state index contributed by atoms with van der Waals surface area (Å²) >= 11 is 0. The summed E-state index contributed by atoms with van der Waals surface area (Å²) in [5.41, 5.74) is 20.5. The third-order valence-corrected chi connectivity index (χ3v) is 28.0. The maximum Gasteiger partial charge on any atom is 0.488 e. The fourth-order valence-corrected chi connectivity index (χ4v) is 19.7. The number of carbonyl (C=O) groups excluding carboxylic acids is 9. The Morgan fingerprint density at radius 1 is 0.511 bits per heavy atom. The second kappa shape index (κ2) is 59.5. The molecule has 18 N–H and O–H groups in total. The molecule has 11 rings (SSSR count). The number of hydrogen-bond donors (Lipinski definition) is 15. The van der Waals surface area contributed by atoms with E-state index in [2.05, 4.69) is 50.6 Å². The molecule has 0 spiro atoms. The van der Waals surface area contributed by atoms with E-state index in [1.165, 1.54) is 189 Å². The van der Waals surface area contributed by atoms with E-state index in [0.29, 0.717) is 110 Å². The number of rotatable bonds is 46. The summed E-state index contributed by atoms with van der Waals surface area (Å²) in [7, 11) is -0.326. The normalized spacial score (nSPS) is 20.7. The van der Waals surface area contributed by atoms with Gasteiger partial charge in [-0.2, -0.15) is 0 Å². The number of nitrogens with zero attached hydrogens (tertiary/aromatic N) is 2. The first kappa shape index (κ1) is 117. The van der Waals surface area contributed by atoms with Crippen LogP contribution in [0.1, 0.15) is 314 Å². The number of halogens is 1. The molecule has 6 aliphatic rings. The predicted molar refractivity (Wildman–Crippen MR) is 538 cm³/mol. The number of likely N-dealkylation sites (N-methyl/N-ethyl adjacent to an activating group) is 2. The lowest BCUT2D eigenvalue weighted by atomic mass is 9.43. The van der Waals surface area contributed by atoms with E-state index in [-0.39, 0.29) is 132 Å². The fraction of sp³-hybridized carbons (Fsp3) is 0.615. The van der Waals surface area contributed by atoms with Crippen LogP contribution in [0.5, 0.6) is 23.0 Å². The van der Waals surface area contributed by atoms with Gasteiger partial charge in [-0.1, -0.05) is 237 Å². The van der Waals surface area contributed by atoms with Crippen LogP contribution in [0.4, 0.5) is 0 Å². The van der Waals surface area contributed by atoms with Crippen molar-refractivity contribution in [1.82, 2.24) is 25.8 Å². The lowest BCUT2D eigenvalue weighted by Gasteiger charge is -2.64. The van der Waals surface area contributed by atoms with Gasteiger partial charge in [0.15, 0.2) is 11.6 Å². The Bertz CT molecular complexity index is 4650. The summed E-state index contributed by atoms with van der Waals surface area (Å²) in [6.07, 6.45) is 31.9. The van der Waals surface area contributed by atoms with E-state index in [4.69, 9.17) is 36.6 Å². The average Bonchev–Trinajstić information content (AvgIpc) is 1.60. The standard InChI is InChI=1S/C44H67BN4O9.C43H63N3O8.C11H20BNO2.C6H7BO2.ClH/c1-4-5-6-7-8-9-10-11-12-13-14-18-34(50)27-33(17-15-16-23-46)44(56)49(3)41-32-20-22-39(52)36(28-32)35-25-31(19-21-38(35)51)26-37(43(55)47-29-45(57)58)48-42(54)30(2)24-40(41)53;1-4-5-6-7-8-9-10-11-12-13-14-18-33(47)27-32(17-15-16-23-44)42(52)46(3)40-31-20-22-38(49)35(28-31)34-25-30(19-21-37(34)48)26-36(43(53)54)45-41(51)29(2)24-39(40)50;1-10(2)7-4-8(10)11(3)9(5-7)14-12(6-13)15-11;8-7(9)6-4-2-1-3-5-6;/h19-22,25,28,30,33,37,41,51-52,57-58H,4-18,23-24,26-27,29,46H2,1-3H3,(H,47,55)(H,48,54);19-22,25,28-29,32,36,40,48-49H,4-18,23-24,26-27,44H2,1-3H3,(H,45,51)(H,53,54);7-9H,4-6,13H2,1-3H3;1-5,8-9H;1H/t30-,33-,37+,41+;29-,32-,36+,40+;7-,8-,9+,11-;;/m110../s1. The van der Waals surface area contributed by atoms with Crippen molar-refractivity contribution in [1.29, 1.82) is 0 Å². The zero-order valence-corrected chi connectivity index (χ0v) is 83.4. The number of aliphatic carboxylic acids is 1. The maximum absolute atomic E-state index is 14.4. The number of amides is 5. The molecule has 0 unspecified atom stereocenters. The van der Waals surface area contributed by atoms with Crippen LogP contribution in [-0.4, -0.2) is 199 Å². The maximum atomic E-state index is 14.4. The van der Waals surface area contributed by atoms with Gasteiger partial charge in [0.05, 0.1) is 18.1 Å². The lowest BCUT2D eigenvalue weighted by molar-refractivity contribution is -0.199. The third kappa shape index (κ3) is 35.9. The highest BCUT2D eigenvalue weighted by Gasteiger charge is 2.67. The number of ketones is 4. The van der Waals surface area contributed by atoms with Gasteiger partial charge in [-0.3, -0.25) is 43.2 Å². The van der Waals surface area contributed by atoms with Gasteiger partial charge in [-0.15, -0.1) is 12.4 Å². The topological polar surface area (TPSA) is 492 Å². The monoisotopic (exact) mass is 1920 g/mol. The number of hydrogen-bond acceptors (Lipinski definition) is 23. The third-order valence-electron chi connectivity index (χ3n) is 28.0. The number of carboxylic acid groups (broad SMARTS) is 1. The van der Waals surface area contributed by atoms with Crippen molar-refractivity contribution in [3.05, 3.63) is 125 Å². The van der Waals surface area contributed by atoms with E-state index >= 15 is 0 Å². The van der Waals surface area contributed by atoms with Gasteiger partial charge in [0.25, 0.3) is 0 Å². The smallest absolute Gasteiger partial charge is 0.488 e. The summed E-state index contributed by atoms with van der Waals surface area (Å²) in [4.78, 5) is 139. The number of carboxylic acids is 1. The molecule has 4 fully saturated rings. The van der Waals surface area contributed by atoms with Crippen molar-refractivity contribution in [3.8, 4) is 45.3 Å². The molecule has 33 heteroatoms. The van der Waals surface area contributed by atoms with Crippen LogP contribution in [0.3, 0.4) is 0 Å². The van der Waals surface area contributed by atoms with E-state index in [1.807, 2.05) is 6.07 Å². The Labute approximate surface area is 819 Å². The average molecular weight is 1920 g/mol. The molecule has 5 amide bonds. The Hall–Kier alpha value is -9.08. The van der Waals surface area contributed by atoms with Gasteiger partial charge in [0.2, 0.25) is 29.5 Å². The van der Waals surface area contributed by atoms with Gasteiger partial charge < -0.3 is 97.9 Å². The van der Waals surface area contributed by atoms with Crippen molar-refractivity contribution >= 4 is 97.9 Å². The number of aromatic hydroxyl groups is 4. The van der Waals surface area contributed by atoms with Crippen molar-refractivity contribution in [3.63, 3.8) is 0 Å². The van der Waals surface area contributed by atoms with E-state index in [1.54, 1.807) is 42.5 Å². The second-order valence-corrected chi connectivity index (χ2v) is 39.1. The molecule has 12 atom stereocenters. The highest BCUT2D eigenvalue weighted by molar-refractivity contribution is 6.58. The first-order valence-corrected chi connectivity index (χ1v) is 50.2. The molecule has 5 aromatic rings. The highest BCUT2D eigenvalue weighted by Crippen LogP contribution is 2.65. The molecule has 137 heavy (non-hydrogen) atoms. The zero-order chi connectivity index (χ0) is 99.8. The van der Waals surface area contributed by atoms with Crippen LogP contribution in [0.25, 0.3) is 22.3 Å². The number of carbonyl (C=O) groups is 10. The minimum atomic E-state index is -1.82. The Kier molecular flexibility index (Phi) is 50.7.